The average molecular weight is 331 g/mol. The van der Waals surface area contributed by atoms with Gasteiger partial charge in [0.05, 0.1) is 0 Å². The van der Waals surface area contributed by atoms with Crippen LogP contribution in [0.25, 0.3) is 16.9 Å². The normalized spacial score (nSPS) is 11.0. The molecule has 0 saturated heterocycles. The van der Waals surface area contributed by atoms with Gasteiger partial charge in [0.15, 0.2) is 0 Å². The molecule has 2 aromatic heterocycles. The Hall–Kier alpha value is -3.14. The molecule has 2 heterocycles. The molecule has 4 heteroatoms. The van der Waals surface area contributed by atoms with Crippen molar-refractivity contribution in [1.82, 2.24) is 9.38 Å². The Morgan fingerprint density at radius 1 is 0.840 bits per heavy atom. The van der Waals surface area contributed by atoms with Crippen molar-refractivity contribution < 1.29 is 4.39 Å². The summed E-state index contributed by atoms with van der Waals surface area (Å²) in [6.45, 7) is 4.11. The van der Waals surface area contributed by atoms with E-state index >= 15 is 0 Å². The lowest BCUT2D eigenvalue weighted by atomic mass is 10.1. The van der Waals surface area contributed by atoms with Gasteiger partial charge in [-0.3, -0.25) is 4.40 Å². The molecule has 25 heavy (non-hydrogen) atoms. The van der Waals surface area contributed by atoms with Gasteiger partial charge in [-0.2, -0.15) is 0 Å². The summed E-state index contributed by atoms with van der Waals surface area (Å²) in [6.07, 6.45) is 2.05. The Morgan fingerprint density at radius 3 is 2.24 bits per heavy atom. The van der Waals surface area contributed by atoms with Gasteiger partial charge < -0.3 is 5.32 Å². The molecule has 124 valence electrons. The Kier molecular flexibility index (Phi) is 3.73. The maximum absolute atomic E-state index is 13.3. The lowest BCUT2D eigenvalue weighted by Crippen LogP contribution is -1.97. The lowest BCUT2D eigenvalue weighted by molar-refractivity contribution is 0.628. The van der Waals surface area contributed by atoms with Crippen LogP contribution in [0.15, 0.2) is 66.9 Å². The molecule has 0 fully saturated rings. The van der Waals surface area contributed by atoms with Crippen molar-refractivity contribution in [3.05, 3.63) is 83.8 Å². The van der Waals surface area contributed by atoms with E-state index in [1.807, 2.05) is 41.8 Å². The van der Waals surface area contributed by atoms with Crippen molar-refractivity contribution in [2.75, 3.05) is 5.32 Å². The van der Waals surface area contributed by atoms with E-state index in [1.165, 1.54) is 17.7 Å². The highest BCUT2D eigenvalue weighted by atomic mass is 19.1. The Morgan fingerprint density at radius 2 is 1.52 bits per heavy atom. The second-order valence-corrected chi connectivity index (χ2v) is 6.24. The molecule has 0 amide bonds. The van der Waals surface area contributed by atoms with Gasteiger partial charge in [-0.1, -0.05) is 23.8 Å². The third-order valence-electron chi connectivity index (χ3n) is 4.20. The van der Waals surface area contributed by atoms with E-state index in [1.54, 1.807) is 12.1 Å². The minimum Gasteiger partial charge on any atom is -0.339 e. The highest BCUT2D eigenvalue weighted by Gasteiger charge is 2.14. The van der Waals surface area contributed by atoms with Crippen molar-refractivity contribution in [3.63, 3.8) is 0 Å². The van der Waals surface area contributed by atoms with Crippen molar-refractivity contribution in [2.45, 2.75) is 13.8 Å². The van der Waals surface area contributed by atoms with Crippen molar-refractivity contribution >= 4 is 17.2 Å². The van der Waals surface area contributed by atoms with Crippen molar-refractivity contribution in [2.24, 2.45) is 0 Å². The molecule has 2 aromatic carbocycles. The summed E-state index contributed by atoms with van der Waals surface area (Å²) in [5, 5.41) is 3.47. The lowest BCUT2D eigenvalue weighted by Gasteiger charge is -2.10. The fraction of sp³-hybridized carbons (Fsp3) is 0.0952. The minimum absolute atomic E-state index is 0.253. The zero-order valence-corrected chi connectivity index (χ0v) is 14.1. The van der Waals surface area contributed by atoms with Crippen LogP contribution in [0.4, 0.5) is 15.9 Å². The van der Waals surface area contributed by atoms with E-state index in [4.69, 9.17) is 4.98 Å². The first-order valence-corrected chi connectivity index (χ1v) is 8.18. The second-order valence-electron chi connectivity index (χ2n) is 6.24. The first-order chi connectivity index (χ1) is 12.1. The van der Waals surface area contributed by atoms with Crippen molar-refractivity contribution in [1.29, 1.82) is 0 Å². The fourth-order valence-corrected chi connectivity index (χ4v) is 2.85. The van der Waals surface area contributed by atoms with E-state index in [-0.39, 0.29) is 5.82 Å². The molecule has 4 aromatic rings. The number of fused-ring (bicyclic) bond motifs is 1. The monoisotopic (exact) mass is 331 g/mol. The molecule has 0 bridgehead atoms. The maximum Gasteiger partial charge on any atom is 0.143 e. The van der Waals surface area contributed by atoms with Crippen LogP contribution in [0.3, 0.4) is 0 Å². The number of pyridine rings is 1. The Balaban J connectivity index is 1.89. The van der Waals surface area contributed by atoms with Gasteiger partial charge in [-0.25, -0.2) is 9.37 Å². The predicted molar refractivity (Wildman–Crippen MR) is 99.8 cm³/mol. The van der Waals surface area contributed by atoms with Crippen LogP contribution in [0, 0.1) is 19.7 Å². The number of hydrogen-bond acceptors (Lipinski definition) is 2. The molecule has 0 radical (unpaired) electrons. The summed E-state index contributed by atoms with van der Waals surface area (Å²) in [5.74, 6) is 0.616. The Labute approximate surface area is 145 Å². The third kappa shape index (κ3) is 2.98. The average Bonchev–Trinajstić information content (AvgIpc) is 2.95. The molecule has 0 spiro atoms. The van der Waals surface area contributed by atoms with E-state index < -0.39 is 0 Å². The highest BCUT2D eigenvalue weighted by Crippen LogP contribution is 2.31. The van der Waals surface area contributed by atoms with Crippen LogP contribution in [-0.4, -0.2) is 9.38 Å². The summed E-state index contributed by atoms with van der Waals surface area (Å²) in [5.41, 5.74) is 5.85. The summed E-state index contributed by atoms with van der Waals surface area (Å²) >= 11 is 0. The molecule has 3 nitrogen and oxygen atoms in total. The summed E-state index contributed by atoms with van der Waals surface area (Å²) < 4.78 is 15.3. The standard InChI is InChI=1S/C21H18FN3/c1-14-3-10-18(11-4-14)23-21-20(16-6-8-17(22)9-7-16)24-19-12-5-15(2)13-25(19)21/h3-13,23H,1-2H3. The van der Waals surface area contributed by atoms with Crippen LogP contribution in [0.2, 0.25) is 0 Å². The molecule has 0 atom stereocenters. The molecule has 0 aliphatic rings. The van der Waals surface area contributed by atoms with Gasteiger partial charge in [0.1, 0.15) is 23.0 Å². The zero-order chi connectivity index (χ0) is 17.4. The largest absolute Gasteiger partial charge is 0.339 e. The van der Waals surface area contributed by atoms with Gasteiger partial charge in [0.2, 0.25) is 0 Å². The summed E-state index contributed by atoms with van der Waals surface area (Å²) in [6, 6.07) is 18.7. The van der Waals surface area contributed by atoms with E-state index in [0.717, 1.165) is 34.0 Å². The predicted octanol–water partition coefficient (Wildman–Crippen LogP) is 5.50. The number of nitrogens with one attached hydrogen (secondary N) is 1. The number of benzene rings is 2. The number of aromatic nitrogens is 2. The molecule has 0 saturated carbocycles. The van der Waals surface area contributed by atoms with Gasteiger partial charge in [0, 0.05) is 17.4 Å². The fourth-order valence-electron chi connectivity index (χ4n) is 2.85. The van der Waals surface area contributed by atoms with E-state index in [2.05, 4.69) is 24.4 Å². The highest BCUT2D eigenvalue weighted by molar-refractivity contribution is 5.79. The van der Waals surface area contributed by atoms with E-state index in [0.29, 0.717) is 0 Å². The number of hydrogen-bond donors (Lipinski definition) is 1. The SMILES string of the molecule is Cc1ccc(Nc2c(-c3ccc(F)cc3)nc3ccc(C)cn23)cc1. The van der Waals surface area contributed by atoms with Gasteiger partial charge >= 0.3 is 0 Å². The van der Waals surface area contributed by atoms with E-state index in [9.17, 15) is 4.39 Å². The van der Waals surface area contributed by atoms with Gasteiger partial charge in [-0.05, 0) is 61.9 Å². The topological polar surface area (TPSA) is 29.3 Å². The van der Waals surface area contributed by atoms with Crippen LogP contribution < -0.4 is 5.32 Å². The molecule has 0 unspecified atom stereocenters. The number of anilines is 2. The summed E-state index contributed by atoms with van der Waals surface area (Å²) in [4.78, 5) is 4.75. The number of aryl methyl sites for hydroxylation is 2. The second kappa shape index (κ2) is 6.06. The van der Waals surface area contributed by atoms with Crippen LogP contribution in [0.5, 0.6) is 0 Å². The molecular formula is C21H18FN3. The first-order valence-electron chi connectivity index (χ1n) is 8.18. The van der Waals surface area contributed by atoms with Crippen LogP contribution >= 0.6 is 0 Å². The third-order valence-corrected chi connectivity index (χ3v) is 4.20. The minimum atomic E-state index is -0.253. The quantitative estimate of drug-likeness (QED) is 0.537. The molecule has 0 aliphatic heterocycles. The maximum atomic E-state index is 13.3. The van der Waals surface area contributed by atoms with Crippen LogP contribution in [0.1, 0.15) is 11.1 Å². The molecular weight excluding hydrogens is 313 g/mol. The molecule has 1 N–H and O–H groups in total. The van der Waals surface area contributed by atoms with Crippen LogP contribution in [-0.2, 0) is 0 Å². The summed E-state index contributed by atoms with van der Waals surface area (Å²) in [7, 11) is 0. The van der Waals surface area contributed by atoms with Gasteiger partial charge in [0.25, 0.3) is 0 Å². The first kappa shape index (κ1) is 15.4. The number of nitrogens with zero attached hydrogens (tertiary/aromatic N) is 2. The van der Waals surface area contributed by atoms with Crippen molar-refractivity contribution in [3.8, 4) is 11.3 Å². The number of imidazole rings is 1. The smallest absolute Gasteiger partial charge is 0.143 e. The Bertz CT molecular complexity index is 1030. The molecule has 0 aliphatic carbocycles. The molecule has 4 rings (SSSR count). The zero-order valence-electron chi connectivity index (χ0n) is 14.1. The van der Waals surface area contributed by atoms with Gasteiger partial charge in [-0.15, -0.1) is 0 Å². The number of rotatable bonds is 3. The number of halogens is 1.